The average Bonchev–Trinajstić information content (AvgIpc) is 3.36. The van der Waals surface area contributed by atoms with Crippen molar-refractivity contribution in [3.63, 3.8) is 0 Å². The number of likely N-dealkylation sites (tertiary alicyclic amines) is 1. The Labute approximate surface area is 232 Å². The molecule has 0 saturated carbocycles. The number of primary amides is 1. The normalized spacial score (nSPS) is 19.9. The minimum atomic E-state index is -0.791. The van der Waals surface area contributed by atoms with E-state index in [0.717, 1.165) is 24.4 Å². The first kappa shape index (κ1) is 27.0. The Morgan fingerprint density at radius 2 is 1.97 bits per heavy atom. The maximum absolute atomic E-state index is 15.1. The molecule has 5 rings (SSSR count). The Kier molecular flexibility index (Phi) is 7.56. The van der Waals surface area contributed by atoms with Gasteiger partial charge in [0.05, 0.1) is 5.56 Å². The second-order valence-electron chi connectivity index (χ2n) is 10.5. The number of hydrogen-bond donors (Lipinski definition) is 2. The first-order chi connectivity index (χ1) is 18.6. The smallest absolute Gasteiger partial charge is 0.249 e. The highest BCUT2D eigenvalue weighted by atomic mass is 35.5. The summed E-state index contributed by atoms with van der Waals surface area (Å²) in [5.41, 5.74) is 8.38. The van der Waals surface area contributed by atoms with Crippen LogP contribution in [0.2, 0.25) is 5.02 Å². The Bertz CT molecular complexity index is 1440. The molecule has 6 nitrogen and oxygen atoms in total. The molecule has 39 heavy (non-hydrogen) atoms. The van der Waals surface area contributed by atoms with Gasteiger partial charge in [-0.3, -0.25) is 9.69 Å². The van der Waals surface area contributed by atoms with Crippen molar-refractivity contribution in [3.8, 4) is 17.2 Å². The van der Waals surface area contributed by atoms with Crippen LogP contribution in [-0.2, 0) is 0 Å². The number of nitrogens with two attached hydrogens (primary N) is 1. The first-order valence-corrected chi connectivity index (χ1v) is 13.5. The molecule has 3 aromatic carbocycles. The molecular weight excluding hydrogens is 519 g/mol. The highest BCUT2D eigenvalue weighted by Crippen LogP contribution is 2.49. The van der Waals surface area contributed by atoms with Crippen LogP contribution in [0.3, 0.4) is 0 Å². The fraction of sp³-hybridized carbons (Fsp3) is 0.323. The molecule has 0 aromatic heterocycles. The van der Waals surface area contributed by atoms with Crippen LogP contribution in [0.4, 0.5) is 4.39 Å². The molecule has 1 amide bonds. The zero-order valence-corrected chi connectivity index (χ0v) is 23.0. The average molecular weight is 551 g/mol. The summed E-state index contributed by atoms with van der Waals surface area (Å²) in [5, 5.41) is 10.4. The van der Waals surface area contributed by atoms with E-state index in [-0.39, 0.29) is 11.1 Å². The predicted molar refractivity (Wildman–Crippen MR) is 151 cm³/mol. The third kappa shape index (κ3) is 5.34. The number of carbonyl (C=O) groups is 1. The van der Waals surface area contributed by atoms with Crippen molar-refractivity contribution in [2.24, 2.45) is 11.7 Å². The Morgan fingerprint density at radius 3 is 2.64 bits per heavy atom. The number of carbonyl (C=O) groups excluding carboxylic acids is 1. The molecule has 0 bridgehead atoms. The van der Waals surface area contributed by atoms with Crippen LogP contribution in [-0.4, -0.2) is 41.7 Å². The number of amides is 1. The van der Waals surface area contributed by atoms with E-state index >= 15 is 4.39 Å². The second-order valence-corrected chi connectivity index (χ2v) is 10.9. The number of benzene rings is 3. The summed E-state index contributed by atoms with van der Waals surface area (Å²) in [7, 11) is 0. The van der Waals surface area contributed by atoms with E-state index in [1.807, 2.05) is 24.3 Å². The highest BCUT2D eigenvalue weighted by Gasteiger charge is 2.33. The molecule has 2 aliphatic heterocycles. The van der Waals surface area contributed by atoms with E-state index in [1.54, 1.807) is 19.1 Å². The number of aromatic hydroxyl groups is 1. The van der Waals surface area contributed by atoms with Crippen LogP contribution in [0.1, 0.15) is 60.3 Å². The van der Waals surface area contributed by atoms with Crippen molar-refractivity contribution >= 4 is 28.7 Å². The number of rotatable bonds is 7. The maximum atomic E-state index is 15.1. The fourth-order valence-electron chi connectivity index (χ4n) is 5.48. The van der Waals surface area contributed by atoms with Gasteiger partial charge < -0.3 is 20.3 Å². The van der Waals surface area contributed by atoms with Gasteiger partial charge in [-0.25, -0.2) is 4.39 Å². The Balaban J connectivity index is 1.50. The number of halogens is 2. The minimum absolute atomic E-state index is 0.136. The lowest BCUT2D eigenvalue weighted by atomic mass is 9.84. The molecule has 3 atom stereocenters. The third-order valence-electron chi connectivity index (χ3n) is 7.66. The molecule has 204 valence electrons. The maximum Gasteiger partial charge on any atom is 0.249 e. The molecular formula is C31H32ClFN2O4. The largest absolute Gasteiger partial charge is 0.505 e. The van der Waals surface area contributed by atoms with Gasteiger partial charge in [-0.1, -0.05) is 36.7 Å². The Morgan fingerprint density at radius 1 is 1.23 bits per heavy atom. The second kappa shape index (κ2) is 10.9. The molecule has 2 heterocycles. The minimum Gasteiger partial charge on any atom is -0.505 e. The molecule has 8 heteroatoms. The van der Waals surface area contributed by atoms with E-state index in [4.69, 9.17) is 26.8 Å². The molecule has 0 radical (unpaired) electrons. The van der Waals surface area contributed by atoms with Gasteiger partial charge in [0.15, 0.2) is 11.6 Å². The summed E-state index contributed by atoms with van der Waals surface area (Å²) < 4.78 is 27.5. The van der Waals surface area contributed by atoms with E-state index in [0.29, 0.717) is 46.0 Å². The zero-order valence-electron chi connectivity index (χ0n) is 22.2. The molecule has 1 fully saturated rings. The van der Waals surface area contributed by atoms with E-state index in [9.17, 15) is 9.90 Å². The number of nitrogens with zero attached hydrogens (tertiary/aromatic N) is 1. The lowest BCUT2D eigenvalue weighted by Gasteiger charge is -2.32. The van der Waals surface area contributed by atoms with Crippen molar-refractivity contribution in [1.29, 1.82) is 0 Å². The van der Waals surface area contributed by atoms with Gasteiger partial charge >= 0.3 is 0 Å². The lowest BCUT2D eigenvalue weighted by molar-refractivity contribution is 0.1000. The van der Waals surface area contributed by atoms with Crippen LogP contribution in [0.25, 0.3) is 11.1 Å². The van der Waals surface area contributed by atoms with Gasteiger partial charge in [-0.2, -0.15) is 0 Å². The molecule has 0 aliphatic carbocycles. The SMILES string of the molecule is CC1=C(c2ccc(Cl)cc2C(N)=O)C(c2ccc(OCC(C)N3CCC(C)C3)cc2)Oc2ccc(O)c(F)c21. The van der Waals surface area contributed by atoms with Crippen LogP contribution in [0.15, 0.2) is 54.6 Å². The molecule has 0 spiro atoms. The van der Waals surface area contributed by atoms with Crippen LogP contribution < -0.4 is 15.2 Å². The summed E-state index contributed by atoms with van der Waals surface area (Å²) in [4.78, 5) is 14.8. The predicted octanol–water partition coefficient (Wildman–Crippen LogP) is 6.46. The van der Waals surface area contributed by atoms with Crippen molar-refractivity contribution in [2.45, 2.75) is 39.3 Å². The quantitative estimate of drug-likeness (QED) is 0.353. The monoisotopic (exact) mass is 550 g/mol. The summed E-state index contributed by atoms with van der Waals surface area (Å²) in [6.45, 7) is 8.96. The first-order valence-electron chi connectivity index (χ1n) is 13.1. The summed E-state index contributed by atoms with van der Waals surface area (Å²) >= 11 is 6.17. The van der Waals surface area contributed by atoms with Gasteiger partial charge in [0.2, 0.25) is 5.91 Å². The van der Waals surface area contributed by atoms with Gasteiger partial charge in [0.1, 0.15) is 24.2 Å². The molecule has 3 N–H and O–H groups in total. The summed E-state index contributed by atoms with van der Waals surface area (Å²) in [6, 6.07) is 15.5. The number of phenols is 1. The number of ether oxygens (including phenoxy) is 2. The Hall–Kier alpha value is -3.55. The molecule has 3 aromatic rings. The van der Waals surface area contributed by atoms with Crippen molar-refractivity contribution in [3.05, 3.63) is 87.7 Å². The fourth-order valence-corrected chi connectivity index (χ4v) is 5.65. The summed E-state index contributed by atoms with van der Waals surface area (Å²) in [5.74, 6) is -0.206. The standard InChI is InChI=1S/C31H32ClFN2O4/c1-17-12-13-35(15-17)18(2)16-38-22-7-4-20(5-8-22)30-27(23-9-6-21(32)14-24(23)31(34)37)19(3)28-26(39-30)11-10-25(36)29(28)33/h4-11,14,17-18,30,36H,12-13,15-16H2,1-3H3,(H2,34,37). The van der Waals surface area contributed by atoms with Crippen molar-refractivity contribution in [2.75, 3.05) is 19.7 Å². The van der Waals surface area contributed by atoms with E-state index in [1.165, 1.54) is 24.6 Å². The number of hydrogen-bond acceptors (Lipinski definition) is 5. The van der Waals surface area contributed by atoms with Crippen molar-refractivity contribution < 1.29 is 23.8 Å². The van der Waals surface area contributed by atoms with Gasteiger partial charge in [0, 0.05) is 28.7 Å². The van der Waals surface area contributed by atoms with Gasteiger partial charge in [-0.05, 0) is 85.8 Å². The van der Waals surface area contributed by atoms with E-state index < -0.39 is 23.6 Å². The van der Waals surface area contributed by atoms with Crippen LogP contribution in [0, 0.1) is 11.7 Å². The topological polar surface area (TPSA) is 85.0 Å². The van der Waals surface area contributed by atoms with Gasteiger partial charge in [-0.15, -0.1) is 0 Å². The molecule has 3 unspecified atom stereocenters. The highest BCUT2D eigenvalue weighted by molar-refractivity contribution is 6.31. The lowest BCUT2D eigenvalue weighted by Crippen LogP contribution is -2.35. The van der Waals surface area contributed by atoms with E-state index in [2.05, 4.69) is 18.7 Å². The molecule has 1 saturated heterocycles. The number of phenolic OH excluding ortho intramolecular Hbond substituents is 1. The summed E-state index contributed by atoms with van der Waals surface area (Å²) in [6.07, 6.45) is 0.535. The van der Waals surface area contributed by atoms with Crippen LogP contribution >= 0.6 is 11.6 Å². The van der Waals surface area contributed by atoms with Gasteiger partial charge in [0.25, 0.3) is 0 Å². The number of allylic oxidation sites excluding steroid dienone is 1. The third-order valence-corrected chi connectivity index (χ3v) is 7.89. The zero-order chi connectivity index (χ0) is 27.8. The van der Waals surface area contributed by atoms with Crippen molar-refractivity contribution in [1.82, 2.24) is 4.90 Å². The van der Waals surface area contributed by atoms with Crippen LogP contribution in [0.5, 0.6) is 17.2 Å². The molecule has 2 aliphatic rings. The number of fused-ring (bicyclic) bond motifs is 1.